The van der Waals surface area contributed by atoms with Crippen molar-refractivity contribution >= 4 is 5.91 Å². The van der Waals surface area contributed by atoms with Crippen LogP contribution in [0.5, 0.6) is 0 Å². The molecule has 0 aliphatic rings. The number of nitrogens with two attached hydrogens (primary N) is 1. The molecule has 0 radical (unpaired) electrons. The standard InChI is InChI=1S/C26H46N2O2/c1-2-3-4-5-6-7-8-9-11-14-25(29)15-12-10-13-16-26(30)28-22-24-19-17-23(21-27)18-20-24/h17-20,25,29H,2-16,21-22,27H2,1H3,(H,28,30). The van der Waals surface area contributed by atoms with Crippen molar-refractivity contribution in [2.45, 2.75) is 122 Å². The van der Waals surface area contributed by atoms with Crippen molar-refractivity contribution in [3.05, 3.63) is 35.4 Å². The van der Waals surface area contributed by atoms with Crippen LogP contribution in [-0.2, 0) is 17.9 Å². The Balaban J connectivity index is 1.90. The normalized spacial score (nSPS) is 12.1. The van der Waals surface area contributed by atoms with Gasteiger partial charge in [-0.1, -0.05) is 102 Å². The van der Waals surface area contributed by atoms with Gasteiger partial charge in [-0.25, -0.2) is 0 Å². The Morgan fingerprint density at radius 1 is 0.833 bits per heavy atom. The molecule has 0 fully saturated rings. The molecule has 0 aliphatic heterocycles. The summed E-state index contributed by atoms with van der Waals surface area (Å²) in [6.07, 6.45) is 17.0. The molecular formula is C26H46N2O2. The molecular weight excluding hydrogens is 372 g/mol. The molecule has 4 nitrogen and oxygen atoms in total. The van der Waals surface area contributed by atoms with Crippen molar-refractivity contribution < 1.29 is 9.90 Å². The molecule has 0 bridgehead atoms. The lowest BCUT2D eigenvalue weighted by molar-refractivity contribution is -0.121. The maximum Gasteiger partial charge on any atom is 0.220 e. The number of unbranched alkanes of at least 4 members (excludes halogenated alkanes) is 10. The Morgan fingerprint density at radius 2 is 1.33 bits per heavy atom. The van der Waals surface area contributed by atoms with E-state index in [9.17, 15) is 9.90 Å². The summed E-state index contributed by atoms with van der Waals surface area (Å²) in [4.78, 5) is 12.0. The highest BCUT2D eigenvalue weighted by atomic mass is 16.3. The quantitative estimate of drug-likeness (QED) is 0.241. The summed E-state index contributed by atoms with van der Waals surface area (Å²) in [5.41, 5.74) is 7.79. The first-order chi connectivity index (χ1) is 14.7. The van der Waals surface area contributed by atoms with Crippen LogP contribution >= 0.6 is 0 Å². The summed E-state index contributed by atoms with van der Waals surface area (Å²) in [7, 11) is 0. The Bertz CT molecular complexity index is 530. The van der Waals surface area contributed by atoms with Crippen LogP contribution in [0.2, 0.25) is 0 Å². The van der Waals surface area contributed by atoms with E-state index in [2.05, 4.69) is 12.2 Å². The van der Waals surface area contributed by atoms with E-state index in [0.717, 1.165) is 49.7 Å². The maximum atomic E-state index is 12.0. The third kappa shape index (κ3) is 14.6. The summed E-state index contributed by atoms with van der Waals surface area (Å²) in [6, 6.07) is 8.03. The summed E-state index contributed by atoms with van der Waals surface area (Å²) in [5, 5.41) is 13.1. The van der Waals surface area contributed by atoms with Crippen LogP contribution in [0.1, 0.15) is 114 Å². The van der Waals surface area contributed by atoms with Gasteiger partial charge in [0.25, 0.3) is 0 Å². The summed E-state index contributed by atoms with van der Waals surface area (Å²) in [6.45, 7) is 3.37. The average molecular weight is 419 g/mol. The van der Waals surface area contributed by atoms with Gasteiger partial charge in [0.15, 0.2) is 0 Å². The molecule has 0 saturated carbocycles. The molecule has 172 valence electrons. The minimum atomic E-state index is -0.167. The number of aliphatic hydroxyl groups excluding tert-OH is 1. The second-order valence-electron chi connectivity index (χ2n) is 8.67. The van der Waals surface area contributed by atoms with Gasteiger partial charge in [-0.05, 0) is 30.4 Å². The lowest BCUT2D eigenvalue weighted by Crippen LogP contribution is -2.22. The van der Waals surface area contributed by atoms with E-state index in [1.807, 2.05) is 24.3 Å². The van der Waals surface area contributed by atoms with Gasteiger partial charge < -0.3 is 16.2 Å². The number of carbonyl (C=O) groups is 1. The number of amides is 1. The van der Waals surface area contributed by atoms with Gasteiger partial charge in [0.2, 0.25) is 5.91 Å². The van der Waals surface area contributed by atoms with Gasteiger partial charge in [-0.3, -0.25) is 4.79 Å². The van der Waals surface area contributed by atoms with Crippen LogP contribution < -0.4 is 11.1 Å². The fraction of sp³-hybridized carbons (Fsp3) is 0.731. The first kappa shape index (κ1) is 26.6. The Morgan fingerprint density at radius 3 is 1.90 bits per heavy atom. The van der Waals surface area contributed by atoms with Crippen molar-refractivity contribution in [3.8, 4) is 0 Å². The number of carbonyl (C=O) groups excluding carboxylic acids is 1. The van der Waals surface area contributed by atoms with Crippen LogP contribution in [-0.4, -0.2) is 17.1 Å². The van der Waals surface area contributed by atoms with E-state index in [-0.39, 0.29) is 12.0 Å². The van der Waals surface area contributed by atoms with E-state index < -0.39 is 0 Å². The topological polar surface area (TPSA) is 75.3 Å². The smallest absolute Gasteiger partial charge is 0.220 e. The highest BCUT2D eigenvalue weighted by Crippen LogP contribution is 2.14. The van der Waals surface area contributed by atoms with Crippen molar-refractivity contribution in [1.29, 1.82) is 0 Å². The van der Waals surface area contributed by atoms with Crippen molar-refractivity contribution in [2.24, 2.45) is 5.73 Å². The molecule has 0 heterocycles. The number of nitrogens with one attached hydrogen (secondary N) is 1. The average Bonchev–Trinajstić information content (AvgIpc) is 2.76. The zero-order valence-electron chi connectivity index (χ0n) is 19.3. The van der Waals surface area contributed by atoms with Crippen LogP contribution in [0.4, 0.5) is 0 Å². The zero-order valence-corrected chi connectivity index (χ0v) is 19.3. The lowest BCUT2D eigenvalue weighted by atomic mass is 10.0. The zero-order chi connectivity index (χ0) is 21.9. The highest BCUT2D eigenvalue weighted by Gasteiger charge is 2.05. The number of rotatable bonds is 19. The molecule has 4 heteroatoms. The second-order valence-corrected chi connectivity index (χ2v) is 8.67. The van der Waals surface area contributed by atoms with Crippen molar-refractivity contribution in [2.75, 3.05) is 0 Å². The number of hydrogen-bond acceptors (Lipinski definition) is 3. The van der Waals surface area contributed by atoms with E-state index in [1.165, 1.54) is 51.4 Å². The molecule has 0 spiro atoms. The fourth-order valence-corrected chi connectivity index (χ4v) is 3.76. The summed E-state index contributed by atoms with van der Waals surface area (Å²) < 4.78 is 0. The molecule has 0 aromatic heterocycles. The highest BCUT2D eigenvalue weighted by molar-refractivity contribution is 5.75. The van der Waals surface area contributed by atoms with Gasteiger partial charge in [0.05, 0.1) is 6.10 Å². The number of benzene rings is 1. The van der Waals surface area contributed by atoms with Gasteiger partial charge in [0, 0.05) is 19.5 Å². The molecule has 1 unspecified atom stereocenters. The van der Waals surface area contributed by atoms with Gasteiger partial charge in [0.1, 0.15) is 0 Å². The van der Waals surface area contributed by atoms with Crippen LogP contribution in [0, 0.1) is 0 Å². The van der Waals surface area contributed by atoms with Crippen LogP contribution in [0.3, 0.4) is 0 Å². The minimum absolute atomic E-state index is 0.105. The second kappa shape index (κ2) is 18.4. The van der Waals surface area contributed by atoms with Crippen LogP contribution in [0.25, 0.3) is 0 Å². The fourth-order valence-electron chi connectivity index (χ4n) is 3.76. The SMILES string of the molecule is CCCCCCCCCCCC(O)CCCCCC(=O)NCc1ccc(CN)cc1. The van der Waals surface area contributed by atoms with Crippen molar-refractivity contribution in [3.63, 3.8) is 0 Å². The molecule has 4 N–H and O–H groups in total. The maximum absolute atomic E-state index is 12.0. The molecule has 1 aromatic rings. The monoisotopic (exact) mass is 418 g/mol. The Labute approximate surface area is 185 Å². The predicted molar refractivity (Wildman–Crippen MR) is 127 cm³/mol. The lowest BCUT2D eigenvalue weighted by Gasteiger charge is -2.10. The van der Waals surface area contributed by atoms with Gasteiger partial charge in [-0.15, -0.1) is 0 Å². The Kier molecular flexibility index (Phi) is 16.3. The first-order valence-electron chi connectivity index (χ1n) is 12.4. The van der Waals surface area contributed by atoms with Gasteiger partial charge >= 0.3 is 0 Å². The summed E-state index contributed by atoms with van der Waals surface area (Å²) >= 11 is 0. The first-order valence-corrected chi connectivity index (χ1v) is 12.4. The predicted octanol–water partition coefficient (Wildman–Crippen LogP) is 5.99. The van der Waals surface area contributed by atoms with E-state index >= 15 is 0 Å². The molecule has 0 saturated heterocycles. The molecule has 0 aliphatic carbocycles. The van der Waals surface area contributed by atoms with E-state index in [1.54, 1.807) is 0 Å². The third-order valence-corrected chi connectivity index (χ3v) is 5.83. The molecule has 1 rings (SSSR count). The third-order valence-electron chi connectivity index (χ3n) is 5.83. The van der Waals surface area contributed by atoms with Gasteiger partial charge in [-0.2, -0.15) is 0 Å². The summed E-state index contributed by atoms with van der Waals surface area (Å²) in [5.74, 6) is 0.105. The molecule has 30 heavy (non-hydrogen) atoms. The largest absolute Gasteiger partial charge is 0.393 e. The number of hydrogen-bond donors (Lipinski definition) is 3. The van der Waals surface area contributed by atoms with E-state index in [0.29, 0.717) is 19.5 Å². The Hall–Kier alpha value is -1.39. The minimum Gasteiger partial charge on any atom is -0.393 e. The van der Waals surface area contributed by atoms with Crippen LogP contribution in [0.15, 0.2) is 24.3 Å². The molecule has 1 atom stereocenters. The van der Waals surface area contributed by atoms with Crippen molar-refractivity contribution in [1.82, 2.24) is 5.32 Å². The molecule has 1 aromatic carbocycles. The van der Waals surface area contributed by atoms with E-state index in [4.69, 9.17) is 5.73 Å². The molecule has 1 amide bonds. The number of aliphatic hydroxyl groups is 1.